The van der Waals surface area contributed by atoms with E-state index in [0.29, 0.717) is 17.8 Å². The summed E-state index contributed by atoms with van der Waals surface area (Å²) in [6.45, 7) is 3.68. The number of hydrogen-bond acceptors (Lipinski definition) is 3. The third-order valence-corrected chi connectivity index (χ3v) is 6.50. The first kappa shape index (κ1) is 32.7. The zero-order valence-electron chi connectivity index (χ0n) is 21.4. The van der Waals surface area contributed by atoms with E-state index in [4.69, 9.17) is 47.0 Å². The second-order valence-corrected chi connectivity index (χ2v) is 11.8. The Kier molecular flexibility index (Phi) is 17.2. The normalized spacial score (nSPS) is 12.0. The summed E-state index contributed by atoms with van der Waals surface area (Å²) in [6, 6.07) is 6.95. The average molecular weight is 580 g/mol. The summed E-state index contributed by atoms with van der Waals surface area (Å²) >= 11 is 23.5. The molecule has 0 spiro atoms. The molecule has 0 aliphatic rings. The van der Waals surface area contributed by atoms with E-state index in [-0.39, 0.29) is 16.9 Å². The Morgan fingerprint density at radius 1 is 0.778 bits per heavy atom. The van der Waals surface area contributed by atoms with Crippen LogP contribution in [0.1, 0.15) is 97.3 Å². The van der Waals surface area contributed by atoms with Crippen LogP contribution in [0.4, 0.5) is 11.4 Å². The first-order valence-electron chi connectivity index (χ1n) is 12.9. The number of carbonyl (C=O) groups excluding carboxylic acids is 2. The molecule has 0 aromatic heterocycles. The molecule has 1 aromatic carbocycles. The van der Waals surface area contributed by atoms with Crippen molar-refractivity contribution >= 4 is 75.3 Å². The highest BCUT2D eigenvalue weighted by Crippen LogP contribution is 2.29. The Balaban J connectivity index is 2.28. The lowest BCUT2D eigenvalue weighted by molar-refractivity contribution is -0.122. The van der Waals surface area contributed by atoms with E-state index in [9.17, 15) is 9.59 Å². The van der Waals surface area contributed by atoms with Gasteiger partial charge in [-0.3, -0.25) is 9.59 Å². The number of thiocarbonyl (C=S) groups is 1. The van der Waals surface area contributed by atoms with Crippen molar-refractivity contribution in [2.45, 2.75) is 107 Å². The van der Waals surface area contributed by atoms with Gasteiger partial charge < -0.3 is 21.3 Å². The predicted molar refractivity (Wildman–Crippen MR) is 158 cm³/mol. The van der Waals surface area contributed by atoms with Crippen molar-refractivity contribution in [3.8, 4) is 0 Å². The van der Waals surface area contributed by atoms with E-state index in [2.05, 4.69) is 28.2 Å². The van der Waals surface area contributed by atoms with Gasteiger partial charge in [0.25, 0.3) is 0 Å². The molecule has 0 saturated heterocycles. The fraction of sp³-hybridized carbons (Fsp3) is 0.654. The largest absolute Gasteiger partial charge is 0.339 e. The van der Waals surface area contributed by atoms with Gasteiger partial charge >= 0.3 is 0 Å². The van der Waals surface area contributed by atoms with E-state index in [1.165, 1.54) is 64.7 Å². The molecular weight excluding hydrogens is 539 g/mol. The summed E-state index contributed by atoms with van der Waals surface area (Å²) in [6.07, 6.45) is 14.1. The molecule has 1 atom stereocenters. The first-order valence-corrected chi connectivity index (χ1v) is 14.5. The number of anilines is 2. The van der Waals surface area contributed by atoms with Gasteiger partial charge in [-0.1, -0.05) is 112 Å². The molecule has 0 heterocycles. The van der Waals surface area contributed by atoms with Gasteiger partial charge in [-0.25, -0.2) is 0 Å². The average Bonchev–Trinajstić information content (AvgIpc) is 2.79. The number of unbranched alkanes of at least 4 members (excludes halogenated alkanes) is 11. The number of hydrogen-bond donors (Lipinski definition) is 4. The Morgan fingerprint density at radius 2 is 1.22 bits per heavy atom. The summed E-state index contributed by atoms with van der Waals surface area (Å²) < 4.78 is -1.80. The van der Waals surface area contributed by atoms with E-state index in [0.717, 1.165) is 19.3 Å². The molecule has 0 aliphatic heterocycles. The second kappa shape index (κ2) is 18.9. The topological polar surface area (TPSA) is 82.3 Å². The minimum atomic E-state index is -1.80. The fourth-order valence-electron chi connectivity index (χ4n) is 3.70. The summed E-state index contributed by atoms with van der Waals surface area (Å²) in [4.78, 5) is 23.6. The molecule has 1 unspecified atom stereocenters. The SMILES string of the molecule is CCCCCCCCCCCCCCC(=O)NC(NC(=S)Nc1ccc(NC(C)=O)cc1)C(Cl)(Cl)Cl. The maximum atomic E-state index is 12.4. The molecule has 36 heavy (non-hydrogen) atoms. The van der Waals surface area contributed by atoms with Gasteiger partial charge in [-0.15, -0.1) is 0 Å². The Hall–Kier alpha value is -1.28. The molecule has 0 radical (unpaired) electrons. The summed E-state index contributed by atoms with van der Waals surface area (Å²) in [5.74, 6) is -0.356. The van der Waals surface area contributed by atoms with Gasteiger partial charge in [0.2, 0.25) is 15.6 Å². The van der Waals surface area contributed by atoms with Crippen LogP contribution in [0.3, 0.4) is 0 Å². The Labute approximate surface area is 237 Å². The van der Waals surface area contributed by atoms with Crippen LogP contribution in [0.5, 0.6) is 0 Å². The molecule has 2 amide bonds. The number of amides is 2. The first-order chi connectivity index (χ1) is 17.1. The zero-order chi connectivity index (χ0) is 26.8. The molecule has 1 rings (SSSR count). The molecule has 0 bridgehead atoms. The summed E-state index contributed by atoms with van der Waals surface area (Å²) in [7, 11) is 0. The van der Waals surface area contributed by atoms with Gasteiger partial charge in [0.1, 0.15) is 6.17 Å². The molecular formula is C26H41Cl3N4O2S. The van der Waals surface area contributed by atoms with Crippen molar-refractivity contribution in [1.29, 1.82) is 0 Å². The van der Waals surface area contributed by atoms with Crippen LogP contribution in [0.15, 0.2) is 24.3 Å². The summed E-state index contributed by atoms with van der Waals surface area (Å²) in [5.41, 5.74) is 1.34. The van der Waals surface area contributed by atoms with E-state index < -0.39 is 9.96 Å². The number of carbonyl (C=O) groups is 2. The van der Waals surface area contributed by atoms with Crippen molar-refractivity contribution in [1.82, 2.24) is 10.6 Å². The fourth-order valence-corrected chi connectivity index (χ4v) is 4.26. The standard InChI is InChI=1S/C26H41Cl3N4O2S/c1-3-4-5-6-7-8-9-10-11-12-13-14-15-23(35)32-24(26(27,28)29)33-25(36)31-22-18-16-21(17-19-22)30-20(2)34/h16-19,24H,3-15H2,1-2H3,(H,30,34)(H,32,35)(H2,31,33,36). The third kappa shape index (κ3) is 16.5. The Bertz CT molecular complexity index is 788. The number of benzene rings is 1. The van der Waals surface area contributed by atoms with Crippen LogP contribution in [0, 0.1) is 0 Å². The highest BCUT2D eigenvalue weighted by Gasteiger charge is 2.34. The molecule has 6 nitrogen and oxygen atoms in total. The summed E-state index contributed by atoms with van der Waals surface area (Å²) in [5, 5.41) is 11.4. The van der Waals surface area contributed by atoms with E-state index in [1.54, 1.807) is 24.3 Å². The zero-order valence-corrected chi connectivity index (χ0v) is 24.5. The molecule has 1 aromatic rings. The molecule has 4 N–H and O–H groups in total. The van der Waals surface area contributed by atoms with Crippen LogP contribution >= 0.6 is 47.0 Å². The van der Waals surface area contributed by atoms with Crippen LogP contribution in [-0.4, -0.2) is 26.9 Å². The minimum absolute atomic E-state index is 0.155. The highest BCUT2D eigenvalue weighted by atomic mass is 35.6. The lowest BCUT2D eigenvalue weighted by Crippen LogP contribution is -2.56. The van der Waals surface area contributed by atoms with Crippen LogP contribution in [0.2, 0.25) is 0 Å². The van der Waals surface area contributed by atoms with Crippen molar-refractivity contribution in [3.05, 3.63) is 24.3 Å². The predicted octanol–water partition coefficient (Wildman–Crippen LogP) is 7.84. The van der Waals surface area contributed by atoms with E-state index >= 15 is 0 Å². The second-order valence-electron chi connectivity index (χ2n) is 9.04. The lowest BCUT2D eigenvalue weighted by Gasteiger charge is -2.27. The Morgan fingerprint density at radius 3 is 1.67 bits per heavy atom. The monoisotopic (exact) mass is 578 g/mol. The molecule has 0 fully saturated rings. The van der Waals surface area contributed by atoms with Crippen molar-refractivity contribution in [2.75, 3.05) is 10.6 Å². The lowest BCUT2D eigenvalue weighted by atomic mass is 10.0. The van der Waals surface area contributed by atoms with Gasteiger partial charge in [-0.05, 0) is 42.9 Å². The van der Waals surface area contributed by atoms with Gasteiger partial charge in [0.05, 0.1) is 0 Å². The molecule has 10 heteroatoms. The van der Waals surface area contributed by atoms with Crippen molar-refractivity contribution in [3.63, 3.8) is 0 Å². The quantitative estimate of drug-likeness (QED) is 0.0654. The van der Waals surface area contributed by atoms with Crippen LogP contribution < -0.4 is 21.3 Å². The van der Waals surface area contributed by atoms with Gasteiger partial charge in [-0.2, -0.15) is 0 Å². The maximum Gasteiger partial charge on any atom is 0.228 e. The number of halogens is 3. The number of alkyl halides is 3. The maximum absolute atomic E-state index is 12.4. The molecule has 0 saturated carbocycles. The van der Waals surface area contributed by atoms with Gasteiger partial charge in [0.15, 0.2) is 5.11 Å². The van der Waals surface area contributed by atoms with E-state index in [1.807, 2.05) is 0 Å². The number of nitrogens with one attached hydrogen (secondary N) is 4. The third-order valence-electron chi connectivity index (χ3n) is 5.63. The van der Waals surface area contributed by atoms with Crippen molar-refractivity contribution < 1.29 is 9.59 Å². The number of rotatable bonds is 17. The van der Waals surface area contributed by atoms with Crippen molar-refractivity contribution in [2.24, 2.45) is 0 Å². The van der Waals surface area contributed by atoms with Gasteiger partial charge in [0, 0.05) is 24.7 Å². The molecule has 0 aliphatic carbocycles. The smallest absolute Gasteiger partial charge is 0.228 e. The minimum Gasteiger partial charge on any atom is -0.339 e. The van der Waals surface area contributed by atoms with Crippen LogP contribution in [0.25, 0.3) is 0 Å². The molecule has 204 valence electrons. The highest BCUT2D eigenvalue weighted by molar-refractivity contribution is 7.80. The van der Waals surface area contributed by atoms with Crippen LogP contribution in [-0.2, 0) is 9.59 Å².